The van der Waals surface area contributed by atoms with E-state index >= 15 is 0 Å². The van der Waals surface area contributed by atoms with Crippen LogP contribution in [0, 0.1) is 0 Å². The van der Waals surface area contributed by atoms with Gasteiger partial charge in [0.05, 0.1) is 0 Å². The number of fused-ring (bicyclic) bond motifs is 1. The van der Waals surface area contributed by atoms with E-state index in [1.54, 1.807) is 0 Å². The van der Waals surface area contributed by atoms with Crippen molar-refractivity contribution in [2.45, 2.75) is 13.1 Å². The highest BCUT2D eigenvalue weighted by Gasteiger charge is 2.08. The molecule has 0 spiro atoms. The Balaban J connectivity index is 0.000000605. The first-order chi connectivity index (χ1) is 4.86. The topological polar surface area (TPSA) is 38.0 Å². The molecule has 1 aliphatic rings. The van der Waals surface area contributed by atoms with Crippen molar-refractivity contribution in [2.24, 2.45) is 0 Å². The van der Waals surface area contributed by atoms with Gasteiger partial charge in [0.2, 0.25) is 0 Å². The van der Waals surface area contributed by atoms with E-state index in [4.69, 9.17) is 5.73 Å². The summed E-state index contributed by atoms with van der Waals surface area (Å²) in [4.78, 5) is 0. The van der Waals surface area contributed by atoms with Crippen molar-refractivity contribution in [1.29, 1.82) is 0 Å². The summed E-state index contributed by atoms with van der Waals surface area (Å²) in [6.45, 7) is 1.97. The summed E-state index contributed by atoms with van der Waals surface area (Å²) >= 11 is 0. The van der Waals surface area contributed by atoms with Gasteiger partial charge in [-0.2, -0.15) is 0 Å². The highest BCUT2D eigenvalue weighted by molar-refractivity contribution is 5.85. The minimum Gasteiger partial charge on any atom is -0.399 e. The van der Waals surface area contributed by atoms with E-state index in [0.29, 0.717) is 0 Å². The fourth-order valence-corrected chi connectivity index (χ4v) is 1.31. The highest BCUT2D eigenvalue weighted by Crippen LogP contribution is 2.17. The van der Waals surface area contributed by atoms with Crippen molar-refractivity contribution in [3.05, 3.63) is 29.3 Å². The van der Waals surface area contributed by atoms with E-state index in [1.807, 2.05) is 12.1 Å². The molecule has 0 saturated carbocycles. The number of rotatable bonds is 0. The number of nitrogens with one attached hydrogen (secondary N) is 1. The second-order valence-electron chi connectivity index (χ2n) is 2.63. The van der Waals surface area contributed by atoms with Crippen LogP contribution in [0.2, 0.25) is 0 Å². The lowest BCUT2D eigenvalue weighted by atomic mass is 10.1. The molecule has 2 nitrogen and oxygen atoms in total. The number of benzene rings is 1. The van der Waals surface area contributed by atoms with Gasteiger partial charge in [-0.1, -0.05) is 6.07 Å². The van der Waals surface area contributed by atoms with Crippen LogP contribution in [0.1, 0.15) is 11.1 Å². The summed E-state index contributed by atoms with van der Waals surface area (Å²) < 4.78 is 0. The van der Waals surface area contributed by atoms with E-state index in [1.165, 1.54) is 11.1 Å². The SMILES string of the molecule is Cl.Nc1ccc2c(c1)CNC2. The monoisotopic (exact) mass is 170 g/mol. The van der Waals surface area contributed by atoms with Crippen LogP contribution in [0.25, 0.3) is 0 Å². The summed E-state index contributed by atoms with van der Waals surface area (Å²) in [6.07, 6.45) is 0. The number of nitrogen functional groups attached to an aromatic ring is 1. The zero-order chi connectivity index (χ0) is 6.97. The van der Waals surface area contributed by atoms with Gasteiger partial charge in [0.15, 0.2) is 0 Å². The van der Waals surface area contributed by atoms with Gasteiger partial charge in [0.1, 0.15) is 0 Å². The maximum Gasteiger partial charge on any atom is 0.0317 e. The average Bonchev–Trinajstić information content (AvgIpc) is 2.33. The number of hydrogen-bond donors (Lipinski definition) is 2. The van der Waals surface area contributed by atoms with Gasteiger partial charge in [0.25, 0.3) is 0 Å². The molecule has 2 rings (SSSR count). The molecular weight excluding hydrogens is 160 g/mol. The number of nitrogens with two attached hydrogens (primary N) is 1. The summed E-state index contributed by atoms with van der Waals surface area (Å²) in [5.41, 5.74) is 9.20. The Morgan fingerprint density at radius 3 is 2.73 bits per heavy atom. The molecule has 0 bridgehead atoms. The minimum atomic E-state index is 0. The predicted octanol–water partition coefficient (Wildman–Crippen LogP) is 1.29. The number of halogens is 1. The lowest BCUT2D eigenvalue weighted by Gasteiger charge is -1.97. The van der Waals surface area contributed by atoms with Crippen molar-refractivity contribution in [1.82, 2.24) is 5.32 Å². The van der Waals surface area contributed by atoms with Crippen LogP contribution in [0.3, 0.4) is 0 Å². The molecule has 1 aliphatic heterocycles. The molecule has 60 valence electrons. The molecule has 0 aliphatic carbocycles. The summed E-state index contributed by atoms with van der Waals surface area (Å²) in [5.74, 6) is 0. The van der Waals surface area contributed by atoms with Gasteiger partial charge in [-0.15, -0.1) is 12.4 Å². The zero-order valence-electron chi connectivity index (χ0n) is 6.13. The Kier molecular flexibility index (Phi) is 2.37. The second kappa shape index (κ2) is 3.11. The average molecular weight is 171 g/mol. The predicted molar refractivity (Wildman–Crippen MR) is 48.6 cm³/mol. The highest BCUT2D eigenvalue weighted by atomic mass is 35.5. The number of anilines is 1. The summed E-state index contributed by atoms with van der Waals surface area (Å²) in [6, 6.07) is 6.08. The first-order valence-electron chi connectivity index (χ1n) is 3.44. The zero-order valence-corrected chi connectivity index (χ0v) is 6.95. The molecule has 0 unspecified atom stereocenters. The van der Waals surface area contributed by atoms with E-state index in [0.717, 1.165) is 18.8 Å². The van der Waals surface area contributed by atoms with Crippen molar-refractivity contribution >= 4 is 18.1 Å². The van der Waals surface area contributed by atoms with Gasteiger partial charge < -0.3 is 11.1 Å². The molecule has 3 heteroatoms. The molecular formula is C8H11ClN2. The Morgan fingerprint density at radius 1 is 1.18 bits per heavy atom. The Labute approximate surface area is 72.2 Å². The molecule has 11 heavy (non-hydrogen) atoms. The first-order valence-corrected chi connectivity index (χ1v) is 3.44. The van der Waals surface area contributed by atoms with Crippen molar-refractivity contribution in [3.63, 3.8) is 0 Å². The van der Waals surface area contributed by atoms with Gasteiger partial charge >= 0.3 is 0 Å². The fraction of sp³-hybridized carbons (Fsp3) is 0.250. The third kappa shape index (κ3) is 1.47. The van der Waals surface area contributed by atoms with Crippen LogP contribution >= 0.6 is 12.4 Å². The minimum absolute atomic E-state index is 0. The van der Waals surface area contributed by atoms with Crippen molar-refractivity contribution in [3.8, 4) is 0 Å². The fourth-order valence-electron chi connectivity index (χ4n) is 1.31. The third-order valence-electron chi connectivity index (χ3n) is 1.86. The van der Waals surface area contributed by atoms with Crippen molar-refractivity contribution in [2.75, 3.05) is 5.73 Å². The summed E-state index contributed by atoms with van der Waals surface area (Å²) in [5, 5.41) is 3.26. The van der Waals surface area contributed by atoms with E-state index in [9.17, 15) is 0 Å². The van der Waals surface area contributed by atoms with Crippen molar-refractivity contribution < 1.29 is 0 Å². The molecule has 1 heterocycles. The van der Waals surface area contributed by atoms with E-state index < -0.39 is 0 Å². The van der Waals surface area contributed by atoms with Gasteiger partial charge in [0, 0.05) is 18.8 Å². The molecule has 1 aromatic rings. The quantitative estimate of drug-likeness (QED) is 0.576. The van der Waals surface area contributed by atoms with Crippen LogP contribution in [0.5, 0.6) is 0 Å². The van der Waals surface area contributed by atoms with Gasteiger partial charge in [-0.3, -0.25) is 0 Å². The van der Waals surface area contributed by atoms with Crippen LogP contribution < -0.4 is 11.1 Å². The van der Waals surface area contributed by atoms with Gasteiger partial charge in [-0.25, -0.2) is 0 Å². The Morgan fingerprint density at radius 2 is 1.91 bits per heavy atom. The molecule has 0 radical (unpaired) electrons. The molecule has 0 fully saturated rings. The van der Waals surface area contributed by atoms with Crippen LogP contribution in [-0.2, 0) is 13.1 Å². The van der Waals surface area contributed by atoms with E-state index in [-0.39, 0.29) is 12.4 Å². The van der Waals surface area contributed by atoms with Crippen LogP contribution in [-0.4, -0.2) is 0 Å². The van der Waals surface area contributed by atoms with Crippen LogP contribution in [0.4, 0.5) is 5.69 Å². The van der Waals surface area contributed by atoms with Crippen LogP contribution in [0.15, 0.2) is 18.2 Å². The Hall–Kier alpha value is -0.730. The maximum atomic E-state index is 5.60. The lowest BCUT2D eigenvalue weighted by Crippen LogP contribution is -1.99. The maximum absolute atomic E-state index is 5.60. The molecule has 0 atom stereocenters. The molecule has 3 N–H and O–H groups in total. The second-order valence-corrected chi connectivity index (χ2v) is 2.63. The first kappa shape index (κ1) is 8.37. The van der Waals surface area contributed by atoms with Gasteiger partial charge in [-0.05, 0) is 23.3 Å². The number of hydrogen-bond acceptors (Lipinski definition) is 2. The molecule has 0 aromatic heterocycles. The third-order valence-corrected chi connectivity index (χ3v) is 1.86. The lowest BCUT2D eigenvalue weighted by molar-refractivity contribution is 0.765. The molecule has 0 saturated heterocycles. The smallest absolute Gasteiger partial charge is 0.0317 e. The Bertz CT molecular complexity index is 260. The standard InChI is InChI=1S/C8H10N2.ClH/c9-8-2-1-6-4-10-5-7(6)3-8;/h1-3,10H,4-5,9H2;1H. The normalized spacial score (nSPS) is 13.8. The molecule has 0 amide bonds. The largest absolute Gasteiger partial charge is 0.399 e. The van der Waals surface area contributed by atoms with E-state index in [2.05, 4.69) is 11.4 Å². The summed E-state index contributed by atoms with van der Waals surface area (Å²) in [7, 11) is 0. The molecule has 1 aromatic carbocycles.